The minimum Gasteiger partial charge on any atom is -0.497 e. The second kappa shape index (κ2) is 5.82. The predicted molar refractivity (Wildman–Crippen MR) is 91.3 cm³/mol. The Hall–Kier alpha value is -2.12. The molecule has 0 aliphatic rings. The van der Waals surface area contributed by atoms with Crippen LogP contribution in [0, 0.1) is 6.92 Å². The fourth-order valence-electron chi connectivity index (χ4n) is 2.39. The van der Waals surface area contributed by atoms with E-state index in [1.54, 1.807) is 12.1 Å². The van der Waals surface area contributed by atoms with Crippen molar-refractivity contribution in [2.45, 2.75) is 11.8 Å². The molecule has 0 amide bonds. The Morgan fingerprint density at radius 1 is 1.13 bits per heavy atom. The molecule has 0 aliphatic heterocycles. The molecule has 0 radical (unpaired) electrons. The number of para-hydroxylation sites is 1. The molecule has 1 heterocycles. The summed E-state index contributed by atoms with van der Waals surface area (Å²) in [4.78, 5) is 0.595. The van der Waals surface area contributed by atoms with Gasteiger partial charge < -0.3 is 9.30 Å². The Kier molecular flexibility index (Phi) is 3.99. The van der Waals surface area contributed by atoms with Crippen molar-refractivity contribution in [1.29, 1.82) is 0 Å². The molecule has 0 aliphatic carbocycles. The summed E-state index contributed by atoms with van der Waals surface area (Å²) in [5.41, 5.74) is 2.09. The van der Waals surface area contributed by atoms with Crippen molar-refractivity contribution >= 4 is 31.6 Å². The number of hydrogen-bond donors (Lipinski definition) is 0. The Morgan fingerprint density at radius 3 is 2.43 bits per heavy atom. The summed E-state index contributed by atoms with van der Waals surface area (Å²) in [6.07, 6.45) is 0. The third-order valence-electron chi connectivity index (χ3n) is 3.58. The summed E-state index contributed by atoms with van der Waals surface area (Å²) in [5.74, 6) is 0.604. The number of nitrogens with zero attached hydrogens (tertiary/aromatic N) is 2. The van der Waals surface area contributed by atoms with Crippen molar-refractivity contribution in [2.75, 3.05) is 7.11 Å². The van der Waals surface area contributed by atoms with Gasteiger partial charge in [-0.15, -0.1) is 4.40 Å². The van der Waals surface area contributed by atoms with Gasteiger partial charge in [0, 0.05) is 7.05 Å². The third-order valence-corrected chi connectivity index (χ3v) is 6.07. The maximum Gasteiger partial charge on any atom is 0.285 e. The molecule has 1 aromatic heterocycles. The summed E-state index contributed by atoms with van der Waals surface area (Å²) < 4.78 is 36.9. The molecule has 0 saturated carbocycles. The molecule has 23 heavy (non-hydrogen) atoms. The number of benzene rings is 2. The van der Waals surface area contributed by atoms with E-state index in [1.165, 1.54) is 30.6 Å². The topological polar surface area (TPSA) is 60.7 Å². The molecule has 7 heteroatoms. The van der Waals surface area contributed by atoms with Crippen LogP contribution in [0.4, 0.5) is 0 Å². The van der Waals surface area contributed by atoms with E-state index in [0.717, 1.165) is 15.8 Å². The van der Waals surface area contributed by atoms with Gasteiger partial charge in [-0.05, 0) is 42.8 Å². The van der Waals surface area contributed by atoms with E-state index in [0.29, 0.717) is 10.6 Å². The number of hydrogen-bond acceptors (Lipinski definition) is 4. The zero-order valence-corrected chi connectivity index (χ0v) is 14.6. The van der Waals surface area contributed by atoms with Crippen LogP contribution in [0.3, 0.4) is 0 Å². The largest absolute Gasteiger partial charge is 0.497 e. The highest BCUT2D eigenvalue weighted by molar-refractivity contribution is 7.90. The number of aryl methyl sites for hydroxylation is 2. The van der Waals surface area contributed by atoms with Crippen LogP contribution < -0.4 is 9.54 Å². The predicted octanol–water partition coefficient (Wildman–Crippen LogP) is 2.85. The molecule has 0 bridgehead atoms. The molecule has 5 nitrogen and oxygen atoms in total. The van der Waals surface area contributed by atoms with Gasteiger partial charge >= 0.3 is 0 Å². The first-order valence-electron chi connectivity index (χ1n) is 6.92. The molecular weight excluding hydrogens is 332 g/mol. The summed E-state index contributed by atoms with van der Waals surface area (Å²) in [6.45, 7) is 2.00. The molecule has 3 rings (SSSR count). The van der Waals surface area contributed by atoms with Crippen molar-refractivity contribution in [2.24, 2.45) is 11.4 Å². The summed E-state index contributed by atoms with van der Waals surface area (Å²) >= 11 is 1.36. The minimum atomic E-state index is -3.76. The van der Waals surface area contributed by atoms with Crippen LogP contribution >= 0.6 is 11.3 Å². The highest BCUT2D eigenvalue weighted by Gasteiger charge is 2.14. The fourth-order valence-corrected chi connectivity index (χ4v) is 4.71. The number of sulfonamides is 1. The number of methoxy groups -OCH3 is 1. The van der Waals surface area contributed by atoms with Crippen molar-refractivity contribution in [3.05, 3.63) is 52.8 Å². The first-order chi connectivity index (χ1) is 10.9. The van der Waals surface area contributed by atoms with E-state index >= 15 is 0 Å². The zero-order valence-electron chi connectivity index (χ0n) is 13.0. The lowest BCUT2D eigenvalue weighted by Crippen LogP contribution is -2.14. The molecular formula is C16H16N2O3S2. The first-order valence-corrected chi connectivity index (χ1v) is 9.18. The lowest BCUT2D eigenvalue weighted by Gasteiger charge is -2.02. The Bertz CT molecular complexity index is 1030. The van der Waals surface area contributed by atoms with E-state index < -0.39 is 10.0 Å². The average molecular weight is 348 g/mol. The summed E-state index contributed by atoms with van der Waals surface area (Å²) in [7, 11) is -0.400. The van der Waals surface area contributed by atoms with Crippen molar-refractivity contribution in [3.8, 4) is 5.75 Å². The molecule has 0 spiro atoms. The lowest BCUT2D eigenvalue weighted by atomic mass is 10.2. The normalized spacial score (nSPS) is 12.7. The molecule has 0 atom stereocenters. The molecule has 3 aromatic rings. The lowest BCUT2D eigenvalue weighted by molar-refractivity contribution is 0.414. The molecule has 2 aromatic carbocycles. The maximum atomic E-state index is 12.5. The third kappa shape index (κ3) is 2.89. The van der Waals surface area contributed by atoms with Gasteiger partial charge in [-0.3, -0.25) is 0 Å². The van der Waals surface area contributed by atoms with Crippen LogP contribution in [0.2, 0.25) is 0 Å². The average Bonchev–Trinajstić information content (AvgIpc) is 2.84. The number of ether oxygens (including phenoxy) is 1. The van der Waals surface area contributed by atoms with Crippen LogP contribution in [0.15, 0.2) is 51.8 Å². The van der Waals surface area contributed by atoms with Gasteiger partial charge in [-0.25, -0.2) is 0 Å². The fraction of sp³-hybridized carbons (Fsp3) is 0.188. The number of aromatic nitrogens is 1. The van der Waals surface area contributed by atoms with Gasteiger partial charge in [0.2, 0.25) is 4.80 Å². The van der Waals surface area contributed by atoms with Gasteiger partial charge in [0.15, 0.2) is 0 Å². The van der Waals surface area contributed by atoms with E-state index in [-0.39, 0.29) is 4.90 Å². The van der Waals surface area contributed by atoms with Gasteiger partial charge in [-0.2, -0.15) is 8.42 Å². The van der Waals surface area contributed by atoms with Gasteiger partial charge in [0.25, 0.3) is 10.0 Å². The number of fused-ring (bicyclic) bond motifs is 1. The van der Waals surface area contributed by atoms with Gasteiger partial charge in [-0.1, -0.05) is 23.5 Å². The van der Waals surface area contributed by atoms with Crippen molar-refractivity contribution < 1.29 is 13.2 Å². The summed E-state index contributed by atoms with van der Waals surface area (Å²) in [5, 5.41) is 0. The van der Waals surface area contributed by atoms with Crippen LogP contribution in [-0.2, 0) is 17.1 Å². The highest BCUT2D eigenvalue weighted by Crippen LogP contribution is 2.21. The van der Waals surface area contributed by atoms with Crippen LogP contribution in [0.25, 0.3) is 10.2 Å². The minimum absolute atomic E-state index is 0.146. The monoisotopic (exact) mass is 348 g/mol. The van der Waals surface area contributed by atoms with Gasteiger partial charge in [0.05, 0.1) is 22.2 Å². The van der Waals surface area contributed by atoms with Crippen molar-refractivity contribution in [3.63, 3.8) is 0 Å². The molecule has 0 N–H and O–H groups in total. The van der Waals surface area contributed by atoms with Gasteiger partial charge in [0.1, 0.15) is 5.75 Å². The Balaban J connectivity index is 2.16. The molecule has 0 fully saturated rings. The van der Waals surface area contributed by atoms with Crippen LogP contribution in [0.5, 0.6) is 5.75 Å². The standard InChI is InChI=1S/C16H16N2O3S2/c1-11-5-4-6-14-15(11)18(2)16(22-14)17-23(19,20)13-9-7-12(21-3)8-10-13/h4-10H,1-3H3/b17-16-. The second-order valence-electron chi connectivity index (χ2n) is 5.11. The van der Waals surface area contributed by atoms with E-state index in [1.807, 2.05) is 36.7 Å². The first kappa shape index (κ1) is 15.8. The highest BCUT2D eigenvalue weighted by atomic mass is 32.2. The number of thiazole rings is 1. The smallest absolute Gasteiger partial charge is 0.285 e. The zero-order chi connectivity index (χ0) is 16.6. The SMILES string of the molecule is COc1ccc(S(=O)(=O)/N=c2\sc3cccc(C)c3n2C)cc1. The van der Waals surface area contributed by atoms with Crippen LogP contribution in [0.1, 0.15) is 5.56 Å². The Labute approximate surface area is 138 Å². The number of rotatable bonds is 3. The van der Waals surface area contributed by atoms with E-state index in [2.05, 4.69) is 4.40 Å². The Morgan fingerprint density at radius 2 is 1.83 bits per heavy atom. The molecule has 0 saturated heterocycles. The second-order valence-corrected chi connectivity index (χ2v) is 7.72. The summed E-state index contributed by atoms with van der Waals surface area (Å²) in [6, 6.07) is 12.1. The van der Waals surface area contributed by atoms with Crippen molar-refractivity contribution in [1.82, 2.24) is 4.57 Å². The van der Waals surface area contributed by atoms with E-state index in [4.69, 9.17) is 4.74 Å². The quantitative estimate of drug-likeness (QED) is 0.731. The molecule has 120 valence electrons. The molecule has 0 unspecified atom stereocenters. The van der Waals surface area contributed by atoms with Crippen LogP contribution in [-0.4, -0.2) is 20.1 Å². The van der Waals surface area contributed by atoms with E-state index in [9.17, 15) is 8.42 Å². The maximum absolute atomic E-state index is 12.5.